The number of carbonyl (C=O) groups excluding carboxylic acids is 1. The molecule has 1 aliphatic carbocycles. The number of rotatable bonds is 9. The number of halogens is 4. The van der Waals surface area contributed by atoms with Crippen LogP contribution in [0.4, 0.5) is 17.6 Å². The fourth-order valence-electron chi connectivity index (χ4n) is 2.06. The Kier molecular flexibility index (Phi) is 5.99. The molecule has 24 heavy (non-hydrogen) atoms. The van der Waals surface area contributed by atoms with E-state index in [2.05, 4.69) is 0 Å². The van der Waals surface area contributed by atoms with Crippen molar-refractivity contribution in [3.05, 3.63) is 35.4 Å². The van der Waals surface area contributed by atoms with Gasteiger partial charge in [-0.15, -0.1) is 0 Å². The molecule has 1 aromatic rings. The van der Waals surface area contributed by atoms with Crippen molar-refractivity contribution in [3.63, 3.8) is 0 Å². The molecule has 0 bridgehead atoms. The molecule has 7 heteroatoms. The predicted octanol–water partition coefficient (Wildman–Crippen LogP) is 4.10. The lowest BCUT2D eigenvalue weighted by Gasteiger charge is -2.16. The summed E-state index contributed by atoms with van der Waals surface area (Å²) in [5, 5.41) is 0. The van der Waals surface area contributed by atoms with E-state index in [1.54, 1.807) is 24.3 Å². The Morgan fingerprint density at radius 2 is 2.08 bits per heavy atom. The van der Waals surface area contributed by atoms with Crippen LogP contribution in [-0.2, 0) is 16.1 Å². The smallest absolute Gasteiger partial charge is 0.330 e. The van der Waals surface area contributed by atoms with E-state index in [1.165, 1.54) is 13.2 Å². The van der Waals surface area contributed by atoms with Crippen LogP contribution in [0.1, 0.15) is 24.0 Å². The van der Waals surface area contributed by atoms with Crippen molar-refractivity contribution >= 4 is 11.9 Å². The third-order valence-corrected chi connectivity index (χ3v) is 3.60. The highest BCUT2D eigenvalue weighted by atomic mass is 19.3. The molecule has 0 saturated heterocycles. The maximum Gasteiger partial charge on any atom is 0.330 e. The van der Waals surface area contributed by atoms with Crippen LogP contribution in [0.25, 0.3) is 6.08 Å². The molecule has 1 fully saturated rings. The summed E-state index contributed by atoms with van der Waals surface area (Å²) < 4.78 is 59.7. The van der Waals surface area contributed by atoms with E-state index in [-0.39, 0.29) is 18.3 Å². The monoisotopic (exact) mass is 346 g/mol. The Bertz CT molecular complexity index is 610. The number of hydrogen-bond donors (Lipinski definition) is 0. The lowest BCUT2D eigenvalue weighted by Crippen LogP contribution is -2.32. The highest BCUT2D eigenvalue weighted by molar-refractivity contribution is 5.96. The van der Waals surface area contributed by atoms with Gasteiger partial charge in [0, 0.05) is 11.5 Å². The summed E-state index contributed by atoms with van der Waals surface area (Å²) in [6.07, 6.45) is 1.14. The van der Waals surface area contributed by atoms with Gasteiger partial charge in [-0.1, -0.05) is 12.1 Å². The minimum atomic E-state index is -4.19. The van der Waals surface area contributed by atoms with Gasteiger partial charge < -0.3 is 9.47 Å². The van der Waals surface area contributed by atoms with Gasteiger partial charge in [0.1, 0.15) is 12.4 Å². The molecule has 0 atom stereocenters. The molecule has 0 amide bonds. The number of allylic oxidation sites excluding steroid dienone is 1. The quantitative estimate of drug-likeness (QED) is 0.499. The summed E-state index contributed by atoms with van der Waals surface area (Å²) in [5.74, 6) is -3.64. The topological polar surface area (TPSA) is 35.5 Å². The number of hydrogen-bond acceptors (Lipinski definition) is 3. The highest BCUT2D eigenvalue weighted by Gasteiger charge is 2.41. The van der Waals surface area contributed by atoms with Gasteiger partial charge in [-0.3, -0.25) is 4.79 Å². The number of ketones is 1. The van der Waals surface area contributed by atoms with Crippen molar-refractivity contribution < 1.29 is 31.8 Å². The largest absolute Gasteiger partial charge is 0.496 e. The molecule has 1 aliphatic rings. The number of carbonyl (C=O) groups is 1. The maximum atomic E-state index is 12.8. The zero-order valence-corrected chi connectivity index (χ0v) is 13.1. The third kappa shape index (κ3) is 5.06. The first-order chi connectivity index (χ1) is 11.3. The Morgan fingerprint density at radius 1 is 1.38 bits per heavy atom. The number of benzene rings is 1. The summed E-state index contributed by atoms with van der Waals surface area (Å²) in [6, 6.07) is 4.91. The van der Waals surface area contributed by atoms with Crippen LogP contribution in [0.2, 0.25) is 0 Å². The molecule has 0 N–H and O–H groups in total. The predicted molar refractivity (Wildman–Crippen MR) is 80.4 cm³/mol. The van der Waals surface area contributed by atoms with Gasteiger partial charge in [-0.05, 0) is 36.6 Å². The standard InChI is InChI=1S/C17H18F4O3/c1-23-15-7-3-11(2-6-14(22)12-4-5-12)8-13(15)9-24-10-17(20,21)16(18)19/h2-3,6-8,12,16H,4-5,9-10H2,1H3/b6-2+. The molecule has 0 aliphatic heterocycles. The summed E-state index contributed by atoms with van der Waals surface area (Å²) in [6.45, 7) is -1.68. The summed E-state index contributed by atoms with van der Waals surface area (Å²) in [4.78, 5) is 11.6. The molecule has 3 nitrogen and oxygen atoms in total. The van der Waals surface area contributed by atoms with E-state index in [4.69, 9.17) is 9.47 Å². The third-order valence-electron chi connectivity index (χ3n) is 3.60. The molecule has 0 radical (unpaired) electrons. The van der Waals surface area contributed by atoms with Gasteiger partial charge in [-0.2, -0.15) is 8.78 Å². The normalized spacial score (nSPS) is 15.2. The van der Waals surface area contributed by atoms with Gasteiger partial charge >= 0.3 is 12.3 Å². The molecule has 0 unspecified atom stereocenters. The average Bonchev–Trinajstić information content (AvgIpc) is 3.37. The summed E-state index contributed by atoms with van der Waals surface area (Å²) in [7, 11) is 1.40. The fraction of sp³-hybridized carbons (Fsp3) is 0.471. The van der Waals surface area contributed by atoms with Gasteiger partial charge in [0.05, 0.1) is 13.7 Å². The van der Waals surface area contributed by atoms with Crippen molar-refractivity contribution in [1.82, 2.24) is 0 Å². The molecule has 2 rings (SSSR count). The molecule has 0 heterocycles. The van der Waals surface area contributed by atoms with Crippen LogP contribution in [0, 0.1) is 5.92 Å². The van der Waals surface area contributed by atoms with Gasteiger partial charge in [0.15, 0.2) is 5.78 Å². The van der Waals surface area contributed by atoms with Crippen LogP contribution in [0.5, 0.6) is 5.75 Å². The van der Waals surface area contributed by atoms with E-state index < -0.39 is 19.0 Å². The Morgan fingerprint density at radius 3 is 2.67 bits per heavy atom. The maximum absolute atomic E-state index is 12.8. The van der Waals surface area contributed by atoms with Gasteiger partial charge in [0.2, 0.25) is 0 Å². The van der Waals surface area contributed by atoms with Crippen LogP contribution in [-0.4, -0.2) is 31.8 Å². The molecular formula is C17H18F4O3. The van der Waals surface area contributed by atoms with Crippen LogP contribution < -0.4 is 4.74 Å². The Labute approximate surface area is 137 Å². The summed E-state index contributed by atoms with van der Waals surface area (Å²) in [5.41, 5.74) is 1.10. The van der Waals surface area contributed by atoms with Crippen LogP contribution in [0.3, 0.4) is 0 Å². The van der Waals surface area contributed by atoms with Crippen LogP contribution in [0.15, 0.2) is 24.3 Å². The van der Waals surface area contributed by atoms with E-state index in [9.17, 15) is 22.4 Å². The van der Waals surface area contributed by atoms with Gasteiger partial charge in [0.25, 0.3) is 0 Å². The Hall–Kier alpha value is -1.89. The van der Waals surface area contributed by atoms with E-state index in [0.29, 0.717) is 16.9 Å². The van der Waals surface area contributed by atoms with Crippen molar-refractivity contribution in [2.75, 3.05) is 13.7 Å². The van der Waals surface area contributed by atoms with Crippen molar-refractivity contribution in [3.8, 4) is 5.75 Å². The minimum absolute atomic E-state index is 0.0557. The highest BCUT2D eigenvalue weighted by Crippen LogP contribution is 2.30. The second kappa shape index (κ2) is 7.79. The first-order valence-corrected chi connectivity index (χ1v) is 7.46. The van der Waals surface area contributed by atoms with Crippen molar-refractivity contribution in [2.24, 2.45) is 5.92 Å². The summed E-state index contributed by atoms with van der Waals surface area (Å²) >= 11 is 0. The lowest BCUT2D eigenvalue weighted by molar-refractivity contribution is -0.168. The van der Waals surface area contributed by atoms with Crippen molar-refractivity contribution in [2.45, 2.75) is 31.8 Å². The molecule has 0 spiro atoms. The SMILES string of the molecule is COc1ccc(/C=C/C(=O)C2CC2)cc1COCC(F)(F)C(F)F. The second-order valence-corrected chi connectivity index (χ2v) is 5.64. The van der Waals surface area contributed by atoms with Crippen molar-refractivity contribution in [1.29, 1.82) is 0 Å². The second-order valence-electron chi connectivity index (χ2n) is 5.64. The molecule has 1 saturated carbocycles. The number of ether oxygens (including phenoxy) is 2. The minimum Gasteiger partial charge on any atom is -0.496 e. The zero-order valence-electron chi connectivity index (χ0n) is 13.1. The molecular weight excluding hydrogens is 328 g/mol. The molecule has 0 aromatic heterocycles. The van der Waals surface area contributed by atoms with Crippen LogP contribution >= 0.6 is 0 Å². The van der Waals surface area contributed by atoms with E-state index in [1.807, 2.05) is 0 Å². The Balaban J connectivity index is 2.01. The van der Waals surface area contributed by atoms with Gasteiger partial charge in [-0.25, -0.2) is 8.78 Å². The zero-order chi connectivity index (χ0) is 17.7. The first kappa shape index (κ1) is 18.4. The average molecular weight is 346 g/mol. The fourth-order valence-corrected chi connectivity index (χ4v) is 2.06. The number of methoxy groups -OCH3 is 1. The van der Waals surface area contributed by atoms with E-state index >= 15 is 0 Å². The molecule has 132 valence electrons. The molecule has 1 aromatic carbocycles. The number of alkyl halides is 4. The van der Waals surface area contributed by atoms with E-state index in [0.717, 1.165) is 12.8 Å². The lowest BCUT2D eigenvalue weighted by atomic mass is 10.1. The first-order valence-electron chi connectivity index (χ1n) is 7.46.